The van der Waals surface area contributed by atoms with Crippen molar-refractivity contribution in [3.8, 4) is 11.3 Å². The third-order valence-corrected chi connectivity index (χ3v) is 5.52. The Balaban J connectivity index is 1.70. The van der Waals surface area contributed by atoms with Crippen molar-refractivity contribution < 1.29 is 21.6 Å². The second kappa shape index (κ2) is 7.32. The second-order valence-electron chi connectivity index (χ2n) is 6.76. The molecule has 4 N–H and O–H groups in total. The van der Waals surface area contributed by atoms with Gasteiger partial charge in [0.1, 0.15) is 5.82 Å². The van der Waals surface area contributed by atoms with Crippen LogP contribution in [0.25, 0.3) is 16.9 Å². The molecule has 0 saturated carbocycles. The number of nitrogen functional groups attached to an aromatic ring is 1. The molecule has 0 fully saturated rings. The average Bonchev–Trinajstić information content (AvgIpc) is 3.09. The molecule has 1 aromatic carbocycles. The minimum absolute atomic E-state index is 0.00822. The number of hydrogen-bond acceptors (Lipinski definition) is 6. The number of nitrogens with two attached hydrogens (primary N) is 2. The Morgan fingerprint density at radius 3 is 2.35 bits per heavy atom. The molecule has 0 amide bonds. The van der Waals surface area contributed by atoms with Crippen LogP contribution in [0.3, 0.4) is 0 Å². The highest BCUT2D eigenvalue weighted by molar-refractivity contribution is 7.89. The number of primary sulfonamides is 1. The lowest BCUT2D eigenvalue weighted by atomic mass is 10.1. The quantitative estimate of drug-likeness (QED) is 0.494. The van der Waals surface area contributed by atoms with Gasteiger partial charge in [0.05, 0.1) is 28.0 Å². The van der Waals surface area contributed by atoms with Crippen LogP contribution in [-0.4, -0.2) is 28.0 Å². The van der Waals surface area contributed by atoms with Gasteiger partial charge in [-0.15, -0.1) is 0 Å². The summed E-state index contributed by atoms with van der Waals surface area (Å²) in [5.41, 5.74) is 6.67. The van der Waals surface area contributed by atoms with Crippen molar-refractivity contribution in [1.29, 1.82) is 0 Å². The predicted molar refractivity (Wildman–Crippen MR) is 106 cm³/mol. The fraction of sp³-hybridized carbons (Fsp3) is 0.105. The second-order valence-corrected chi connectivity index (χ2v) is 8.32. The molecule has 0 spiro atoms. The SMILES string of the molecule is Nc1ncc(-c2ccc3ncc(Cc4ccc(S(N)(=O)=O)cc4)n3n2)cc1C(F)(F)F. The summed E-state index contributed by atoms with van der Waals surface area (Å²) in [6.45, 7) is 0. The zero-order valence-electron chi connectivity index (χ0n) is 15.7. The zero-order valence-corrected chi connectivity index (χ0v) is 16.5. The molecule has 4 rings (SSSR count). The molecule has 0 aliphatic rings. The lowest BCUT2D eigenvalue weighted by Crippen LogP contribution is -2.12. The highest BCUT2D eigenvalue weighted by Crippen LogP contribution is 2.34. The largest absolute Gasteiger partial charge is 0.419 e. The number of halogens is 3. The van der Waals surface area contributed by atoms with E-state index < -0.39 is 27.6 Å². The summed E-state index contributed by atoms with van der Waals surface area (Å²) in [5, 5.41) is 9.50. The number of anilines is 1. The van der Waals surface area contributed by atoms with E-state index in [-0.39, 0.29) is 16.2 Å². The van der Waals surface area contributed by atoms with Gasteiger partial charge >= 0.3 is 6.18 Å². The summed E-state index contributed by atoms with van der Waals surface area (Å²) >= 11 is 0. The van der Waals surface area contributed by atoms with Crippen LogP contribution in [0.4, 0.5) is 19.0 Å². The molecule has 0 aliphatic carbocycles. The number of imidazole rings is 1. The molecular formula is C19H15F3N6O2S. The lowest BCUT2D eigenvalue weighted by molar-refractivity contribution is -0.137. The molecule has 3 heterocycles. The number of alkyl halides is 3. The Morgan fingerprint density at radius 1 is 1.00 bits per heavy atom. The number of benzene rings is 1. The number of rotatable bonds is 4. The first kappa shape index (κ1) is 20.8. The summed E-state index contributed by atoms with van der Waals surface area (Å²) in [6, 6.07) is 10.1. The van der Waals surface area contributed by atoms with Gasteiger partial charge in [-0.05, 0) is 35.9 Å². The molecule has 31 heavy (non-hydrogen) atoms. The van der Waals surface area contributed by atoms with E-state index in [0.29, 0.717) is 17.8 Å². The van der Waals surface area contributed by atoms with Crippen molar-refractivity contribution >= 4 is 21.5 Å². The Bertz CT molecular complexity index is 1380. The van der Waals surface area contributed by atoms with Crippen LogP contribution >= 0.6 is 0 Å². The topological polar surface area (TPSA) is 129 Å². The first-order chi connectivity index (χ1) is 14.5. The van der Waals surface area contributed by atoms with Gasteiger partial charge in [0.2, 0.25) is 10.0 Å². The highest BCUT2D eigenvalue weighted by Gasteiger charge is 2.34. The normalized spacial score (nSPS) is 12.4. The van der Waals surface area contributed by atoms with Crippen LogP contribution in [-0.2, 0) is 22.6 Å². The molecule has 8 nitrogen and oxygen atoms in total. The van der Waals surface area contributed by atoms with Crippen LogP contribution in [0, 0.1) is 0 Å². The first-order valence-electron chi connectivity index (χ1n) is 8.81. The van der Waals surface area contributed by atoms with Crippen LogP contribution in [0.5, 0.6) is 0 Å². The van der Waals surface area contributed by atoms with Crippen LogP contribution in [0.15, 0.2) is 59.8 Å². The number of sulfonamides is 1. The Labute approximate surface area is 174 Å². The molecule has 0 aliphatic heterocycles. The van der Waals surface area contributed by atoms with Gasteiger partial charge in [0, 0.05) is 18.2 Å². The molecule has 0 saturated heterocycles. The first-order valence-corrected chi connectivity index (χ1v) is 10.4. The molecule has 0 radical (unpaired) electrons. The van der Waals surface area contributed by atoms with Gasteiger partial charge in [0.25, 0.3) is 0 Å². The molecule has 0 atom stereocenters. The maximum Gasteiger partial charge on any atom is 0.419 e. The summed E-state index contributed by atoms with van der Waals surface area (Å²) in [5.74, 6) is -0.608. The van der Waals surface area contributed by atoms with Crippen LogP contribution in [0.1, 0.15) is 16.8 Å². The summed E-state index contributed by atoms with van der Waals surface area (Å²) in [7, 11) is -3.79. The Hall–Kier alpha value is -3.51. The predicted octanol–water partition coefficient (Wildman–Crippen LogP) is 2.63. The molecule has 0 bridgehead atoms. The van der Waals surface area contributed by atoms with Crippen LogP contribution < -0.4 is 10.9 Å². The van der Waals surface area contributed by atoms with Crippen molar-refractivity contribution in [2.45, 2.75) is 17.5 Å². The van der Waals surface area contributed by atoms with E-state index in [1.165, 1.54) is 22.8 Å². The van der Waals surface area contributed by atoms with Crippen molar-refractivity contribution in [3.63, 3.8) is 0 Å². The molecule has 12 heteroatoms. The lowest BCUT2D eigenvalue weighted by Gasteiger charge is -2.11. The van der Waals surface area contributed by atoms with E-state index in [2.05, 4.69) is 15.1 Å². The van der Waals surface area contributed by atoms with Gasteiger partial charge in [-0.2, -0.15) is 18.3 Å². The Kier molecular flexibility index (Phi) is 4.90. The maximum atomic E-state index is 13.2. The van der Waals surface area contributed by atoms with Gasteiger partial charge in [-0.3, -0.25) is 0 Å². The minimum Gasteiger partial charge on any atom is -0.383 e. The van der Waals surface area contributed by atoms with Crippen molar-refractivity contribution in [2.75, 3.05) is 5.73 Å². The summed E-state index contributed by atoms with van der Waals surface area (Å²) in [6.07, 6.45) is -1.47. The van der Waals surface area contributed by atoms with Gasteiger partial charge in [0.15, 0.2) is 5.65 Å². The number of aromatic nitrogens is 4. The molecule has 0 unspecified atom stereocenters. The number of pyridine rings is 1. The van der Waals surface area contributed by atoms with Crippen molar-refractivity contribution in [1.82, 2.24) is 19.6 Å². The minimum atomic E-state index is -4.64. The van der Waals surface area contributed by atoms with Gasteiger partial charge in [-0.1, -0.05) is 12.1 Å². The van der Waals surface area contributed by atoms with Gasteiger partial charge < -0.3 is 5.73 Å². The number of nitrogens with zero attached hydrogens (tertiary/aromatic N) is 4. The van der Waals surface area contributed by atoms with Crippen LogP contribution in [0.2, 0.25) is 0 Å². The van der Waals surface area contributed by atoms with E-state index >= 15 is 0 Å². The standard InChI is InChI=1S/C19H15F3N6O2S/c20-19(21,22)15-8-12(9-26-18(15)23)16-5-6-17-25-10-13(28(17)27-16)7-11-1-3-14(4-2-11)31(24,29)30/h1-6,8-10H,7H2,(H2,23,26)(H2,24,29,30). The van der Waals surface area contributed by atoms with E-state index in [9.17, 15) is 21.6 Å². The highest BCUT2D eigenvalue weighted by atomic mass is 32.2. The summed E-state index contributed by atoms with van der Waals surface area (Å²) in [4.78, 5) is 7.88. The fourth-order valence-corrected chi connectivity index (χ4v) is 3.56. The number of fused-ring (bicyclic) bond motifs is 1. The van der Waals surface area contributed by atoms with Gasteiger partial charge in [-0.25, -0.2) is 28.0 Å². The van der Waals surface area contributed by atoms with Crippen molar-refractivity contribution in [2.24, 2.45) is 5.14 Å². The molecule has 4 aromatic rings. The molecule has 160 valence electrons. The maximum absolute atomic E-state index is 13.2. The van der Waals surface area contributed by atoms with Crippen molar-refractivity contribution in [3.05, 3.63) is 71.7 Å². The fourth-order valence-electron chi connectivity index (χ4n) is 3.04. The third kappa shape index (κ3) is 4.20. The summed E-state index contributed by atoms with van der Waals surface area (Å²) < 4.78 is 63.7. The third-order valence-electron chi connectivity index (χ3n) is 4.59. The van der Waals surface area contributed by atoms with E-state index in [1.54, 1.807) is 30.5 Å². The van der Waals surface area contributed by atoms with E-state index in [4.69, 9.17) is 10.9 Å². The van der Waals surface area contributed by atoms with E-state index in [1.807, 2.05) is 0 Å². The van der Waals surface area contributed by atoms with E-state index in [0.717, 1.165) is 11.6 Å². The number of hydrogen-bond donors (Lipinski definition) is 2. The smallest absolute Gasteiger partial charge is 0.383 e. The molecule has 3 aromatic heterocycles. The monoisotopic (exact) mass is 448 g/mol. The average molecular weight is 448 g/mol. The zero-order chi connectivity index (χ0) is 22.4. The molecular weight excluding hydrogens is 433 g/mol. The Morgan fingerprint density at radius 2 is 1.71 bits per heavy atom.